The van der Waals surface area contributed by atoms with Gasteiger partial charge in [0.05, 0.1) is 10.6 Å². The Morgan fingerprint density at radius 2 is 2.05 bits per heavy atom. The van der Waals surface area contributed by atoms with Crippen LogP contribution in [0.3, 0.4) is 0 Å². The predicted octanol–water partition coefficient (Wildman–Crippen LogP) is 2.47. The summed E-state index contributed by atoms with van der Waals surface area (Å²) in [5.74, 6) is 0. The molecule has 21 heavy (non-hydrogen) atoms. The van der Waals surface area contributed by atoms with E-state index in [0.29, 0.717) is 18.9 Å². The third-order valence-electron chi connectivity index (χ3n) is 3.43. The first-order chi connectivity index (χ1) is 9.69. The molecule has 118 valence electrons. The predicted molar refractivity (Wildman–Crippen MR) is 72.4 cm³/mol. The molecule has 1 atom stereocenters. The lowest BCUT2D eigenvalue weighted by Crippen LogP contribution is -2.40. The van der Waals surface area contributed by atoms with Gasteiger partial charge >= 0.3 is 6.18 Å². The quantitative estimate of drug-likeness (QED) is 0.917. The zero-order valence-corrected chi connectivity index (χ0v) is 12.5. The average molecular weight is 343 g/mol. The molecule has 0 saturated carbocycles. The van der Waals surface area contributed by atoms with E-state index in [4.69, 9.17) is 17.3 Å². The van der Waals surface area contributed by atoms with Crippen molar-refractivity contribution in [1.82, 2.24) is 4.31 Å². The molecule has 2 N–H and O–H groups in total. The van der Waals surface area contributed by atoms with E-state index >= 15 is 0 Å². The lowest BCUT2D eigenvalue weighted by molar-refractivity contribution is -0.139. The highest BCUT2D eigenvalue weighted by Crippen LogP contribution is 2.40. The van der Waals surface area contributed by atoms with Gasteiger partial charge in [-0.05, 0) is 25.0 Å². The lowest BCUT2D eigenvalue weighted by atomic mass is 10.2. The van der Waals surface area contributed by atoms with Crippen molar-refractivity contribution in [3.05, 3.63) is 28.8 Å². The van der Waals surface area contributed by atoms with Crippen LogP contribution in [0.1, 0.15) is 18.4 Å². The van der Waals surface area contributed by atoms with E-state index in [1.54, 1.807) is 0 Å². The Kier molecular flexibility index (Phi) is 4.53. The van der Waals surface area contributed by atoms with Crippen LogP contribution in [-0.4, -0.2) is 31.9 Å². The van der Waals surface area contributed by atoms with E-state index in [2.05, 4.69) is 0 Å². The molecule has 4 nitrogen and oxygen atoms in total. The Morgan fingerprint density at radius 1 is 1.38 bits per heavy atom. The van der Waals surface area contributed by atoms with Crippen molar-refractivity contribution >= 4 is 21.6 Å². The fourth-order valence-corrected chi connectivity index (χ4v) is 4.90. The largest absolute Gasteiger partial charge is 0.417 e. The molecule has 1 aromatic carbocycles. The van der Waals surface area contributed by atoms with Gasteiger partial charge in [-0.25, -0.2) is 8.42 Å². The molecule has 0 spiro atoms. The number of hydrogen-bond acceptors (Lipinski definition) is 3. The van der Waals surface area contributed by atoms with Gasteiger partial charge in [-0.3, -0.25) is 0 Å². The molecule has 9 heteroatoms. The number of halogens is 4. The van der Waals surface area contributed by atoms with Crippen molar-refractivity contribution < 1.29 is 21.6 Å². The summed E-state index contributed by atoms with van der Waals surface area (Å²) in [4.78, 5) is -0.889. The molecule has 1 aliphatic rings. The number of nitrogens with zero attached hydrogens (tertiary/aromatic N) is 1. The van der Waals surface area contributed by atoms with Crippen LogP contribution in [-0.2, 0) is 16.2 Å². The standard InChI is InChI=1S/C12H14ClF3N2O2S/c13-10-5-1-4-9(12(14,15)16)11(10)21(19,20)18-6-2-3-8(18)7-17/h1,4-5,8H,2-3,6-7,17H2. The maximum absolute atomic E-state index is 13.1. The van der Waals surface area contributed by atoms with E-state index in [9.17, 15) is 21.6 Å². The second kappa shape index (κ2) is 5.75. The highest BCUT2D eigenvalue weighted by Gasteiger charge is 2.43. The molecule has 1 aromatic rings. The molecule has 1 unspecified atom stereocenters. The van der Waals surface area contributed by atoms with Crippen LogP contribution in [0.25, 0.3) is 0 Å². The minimum absolute atomic E-state index is 0.0605. The Labute approximate surface area is 125 Å². The number of rotatable bonds is 3. The summed E-state index contributed by atoms with van der Waals surface area (Å²) in [7, 11) is -4.34. The summed E-state index contributed by atoms with van der Waals surface area (Å²) in [5, 5.41) is -0.438. The minimum Gasteiger partial charge on any atom is -0.329 e. The highest BCUT2D eigenvalue weighted by molar-refractivity contribution is 7.89. The number of hydrogen-bond donors (Lipinski definition) is 1. The number of alkyl halides is 3. The van der Waals surface area contributed by atoms with Crippen LogP contribution < -0.4 is 5.73 Å². The Morgan fingerprint density at radius 3 is 2.62 bits per heavy atom. The fraction of sp³-hybridized carbons (Fsp3) is 0.500. The number of benzene rings is 1. The van der Waals surface area contributed by atoms with E-state index in [1.807, 2.05) is 0 Å². The second-order valence-electron chi connectivity index (χ2n) is 4.76. The van der Waals surface area contributed by atoms with Crippen molar-refractivity contribution in [2.75, 3.05) is 13.1 Å². The average Bonchev–Trinajstić information content (AvgIpc) is 2.86. The van der Waals surface area contributed by atoms with E-state index in [0.717, 1.165) is 16.4 Å². The van der Waals surface area contributed by atoms with Crippen molar-refractivity contribution in [2.24, 2.45) is 5.73 Å². The Bertz CT molecular complexity index is 634. The van der Waals surface area contributed by atoms with Gasteiger partial charge in [0.15, 0.2) is 0 Å². The second-order valence-corrected chi connectivity index (χ2v) is 7.00. The maximum atomic E-state index is 13.1. The van der Waals surface area contributed by atoms with Crippen LogP contribution in [0.15, 0.2) is 23.1 Å². The van der Waals surface area contributed by atoms with Gasteiger partial charge in [-0.1, -0.05) is 17.7 Å². The van der Waals surface area contributed by atoms with Gasteiger partial charge in [0.25, 0.3) is 0 Å². The topological polar surface area (TPSA) is 63.4 Å². The third-order valence-corrected chi connectivity index (χ3v) is 5.92. The van der Waals surface area contributed by atoms with Gasteiger partial charge in [-0.2, -0.15) is 17.5 Å². The SMILES string of the molecule is NCC1CCCN1S(=O)(=O)c1c(Cl)cccc1C(F)(F)F. The molecule has 0 amide bonds. The molecule has 0 aliphatic carbocycles. The summed E-state index contributed by atoms with van der Waals surface area (Å²) in [5.41, 5.74) is 4.25. The molecule has 1 fully saturated rings. The van der Waals surface area contributed by atoms with Crippen LogP contribution in [0.2, 0.25) is 5.02 Å². The highest BCUT2D eigenvalue weighted by atomic mass is 35.5. The molecule has 0 radical (unpaired) electrons. The summed E-state index contributed by atoms with van der Waals surface area (Å²) >= 11 is 5.75. The first-order valence-corrected chi connectivity index (χ1v) is 8.09. The summed E-state index contributed by atoms with van der Waals surface area (Å²) in [6.45, 7) is 0.206. The van der Waals surface area contributed by atoms with Crippen LogP contribution in [0, 0.1) is 0 Å². The normalized spacial score (nSPS) is 20.9. The van der Waals surface area contributed by atoms with Crippen LogP contribution >= 0.6 is 11.6 Å². The lowest BCUT2D eigenvalue weighted by Gasteiger charge is -2.25. The van der Waals surface area contributed by atoms with Gasteiger partial charge in [0.2, 0.25) is 10.0 Å². The smallest absolute Gasteiger partial charge is 0.329 e. The molecule has 1 aliphatic heterocycles. The van der Waals surface area contributed by atoms with E-state index in [1.165, 1.54) is 0 Å². The van der Waals surface area contributed by atoms with Crippen LogP contribution in [0.4, 0.5) is 13.2 Å². The maximum Gasteiger partial charge on any atom is 0.417 e. The van der Waals surface area contributed by atoms with E-state index < -0.39 is 37.7 Å². The monoisotopic (exact) mass is 342 g/mol. The third kappa shape index (κ3) is 3.03. The Hall–Kier alpha value is -0.830. The Balaban J connectivity index is 2.60. The molecular formula is C12H14ClF3N2O2S. The number of sulfonamides is 1. The summed E-state index contributed by atoms with van der Waals surface area (Å²) in [6.07, 6.45) is -3.71. The molecule has 0 bridgehead atoms. The van der Waals surface area contributed by atoms with Gasteiger partial charge in [0, 0.05) is 19.1 Å². The van der Waals surface area contributed by atoms with Gasteiger partial charge in [0.1, 0.15) is 4.90 Å². The van der Waals surface area contributed by atoms with Crippen molar-refractivity contribution in [1.29, 1.82) is 0 Å². The first kappa shape index (κ1) is 16.5. The fourth-order valence-electron chi connectivity index (χ4n) is 2.47. The van der Waals surface area contributed by atoms with Crippen molar-refractivity contribution in [3.8, 4) is 0 Å². The first-order valence-electron chi connectivity index (χ1n) is 6.27. The van der Waals surface area contributed by atoms with Crippen molar-refractivity contribution in [2.45, 2.75) is 30.0 Å². The molecule has 1 heterocycles. The minimum atomic E-state index is -4.80. The number of nitrogens with two attached hydrogens (primary N) is 1. The van der Waals surface area contributed by atoms with Crippen LogP contribution in [0.5, 0.6) is 0 Å². The zero-order valence-electron chi connectivity index (χ0n) is 10.9. The van der Waals surface area contributed by atoms with Gasteiger partial charge in [-0.15, -0.1) is 0 Å². The zero-order chi connectivity index (χ0) is 15.8. The van der Waals surface area contributed by atoms with E-state index in [-0.39, 0.29) is 13.1 Å². The molecular weight excluding hydrogens is 329 g/mol. The molecule has 2 rings (SSSR count). The van der Waals surface area contributed by atoms with Crippen molar-refractivity contribution in [3.63, 3.8) is 0 Å². The molecule has 0 aromatic heterocycles. The van der Waals surface area contributed by atoms with Gasteiger partial charge < -0.3 is 5.73 Å². The molecule has 1 saturated heterocycles. The summed E-state index contributed by atoms with van der Waals surface area (Å²) in [6, 6.07) is 2.44. The summed E-state index contributed by atoms with van der Waals surface area (Å²) < 4.78 is 65.3.